The largest absolute Gasteiger partial charge is 0.502 e. The Bertz CT molecular complexity index is 1580. The summed E-state index contributed by atoms with van der Waals surface area (Å²) < 4.78 is 29.9. The number of fused-ring (bicyclic) bond motifs is 2. The number of methoxy groups -OCH3 is 1. The molecule has 3 aromatic rings. The van der Waals surface area contributed by atoms with Crippen molar-refractivity contribution in [1.82, 2.24) is 10.6 Å². The molecule has 0 fully saturated rings. The summed E-state index contributed by atoms with van der Waals surface area (Å²) in [5.41, 5.74) is 6.41. The molecule has 12 heteroatoms. The highest BCUT2D eigenvalue weighted by Crippen LogP contribution is 2.57. The summed E-state index contributed by atoms with van der Waals surface area (Å²) in [6, 6.07) is 7.10. The highest BCUT2D eigenvalue weighted by Gasteiger charge is 2.41. The van der Waals surface area contributed by atoms with Crippen LogP contribution >= 0.6 is 0 Å². The molecule has 3 atom stereocenters. The number of rotatable bonds is 14. The van der Waals surface area contributed by atoms with Gasteiger partial charge in [0.2, 0.25) is 5.75 Å². The first-order valence-electron chi connectivity index (χ1n) is 15.8. The van der Waals surface area contributed by atoms with Crippen LogP contribution < -0.4 is 39.6 Å². The Kier molecular flexibility index (Phi) is 9.62. The summed E-state index contributed by atoms with van der Waals surface area (Å²) in [4.78, 5) is 0. The van der Waals surface area contributed by atoms with Crippen molar-refractivity contribution in [3.05, 3.63) is 52.1 Å². The van der Waals surface area contributed by atoms with Crippen molar-refractivity contribution in [2.45, 2.75) is 44.4 Å². The quantitative estimate of drug-likeness (QED) is 0.102. The van der Waals surface area contributed by atoms with E-state index in [0.29, 0.717) is 66.4 Å². The van der Waals surface area contributed by atoms with Gasteiger partial charge in [0.25, 0.3) is 0 Å². The fraction of sp³-hybridized carbons (Fsp3) is 0.471. The molecular weight excluding hydrogens is 594 g/mol. The second kappa shape index (κ2) is 13.8. The lowest BCUT2D eigenvalue weighted by Gasteiger charge is -2.39. The first-order chi connectivity index (χ1) is 22.4. The Morgan fingerprint density at radius 2 is 1.72 bits per heavy atom. The van der Waals surface area contributed by atoms with E-state index in [-0.39, 0.29) is 43.8 Å². The SMILES string of the molecule is CCNCOc1cc(OCCNC)c2c3c1C(O)Nc1cc4c(c(c1-3)CC2)C(O)C(c1cc(OC)c(O)c(OCCCO)c1)CO4. The molecule has 0 amide bonds. The minimum atomic E-state index is -1.02. The molecule has 2 heterocycles. The molecule has 0 spiro atoms. The number of anilines is 1. The third-order valence-corrected chi connectivity index (χ3v) is 8.83. The van der Waals surface area contributed by atoms with Gasteiger partial charge in [0, 0.05) is 65.6 Å². The van der Waals surface area contributed by atoms with Gasteiger partial charge in [-0.3, -0.25) is 5.32 Å². The zero-order valence-electron chi connectivity index (χ0n) is 26.4. The smallest absolute Gasteiger partial charge is 0.200 e. The monoisotopic (exact) mass is 637 g/mol. The number of nitrogens with one attached hydrogen (secondary N) is 3. The summed E-state index contributed by atoms with van der Waals surface area (Å²) in [6.07, 6.45) is -0.312. The molecule has 3 unspecified atom stereocenters. The number of likely N-dealkylation sites (N-methyl/N-ethyl adjacent to an activating group) is 1. The Balaban J connectivity index is 1.45. The number of aromatic hydroxyl groups is 1. The predicted octanol–water partition coefficient (Wildman–Crippen LogP) is 3.10. The van der Waals surface area contributed by atoms with Crippen molar-refractivity contribution in [1.29, 1.82) is 0 Å². The lowest BCUT2D eigenvalue weighted by molar-refractivity contribution is 0.0877. The maximum absolute atomic E-state index is 12.1. The number of phenols is 1. The van der Waals surface area contributed by atoms with Crippen LogP contribution in [0.3, 0.4) is 0 Å². The topological polar surface area (TPSA) is 163 Å². The van der Waals surface area contributed by atoms with Crippen LogP contribution in [0.4, 0.5) is 5.69 Å². The van der Waals surface area contributed by atoms with Crippen molar-refractivity contribution in [2.24, 2.45) is 0 Å². The minimum absolute atomic E-state index is 0.0415. The summed E-state index contributed by atoms with van der Waals surface area (Å²) in [5, 5.41) is 52.9. The van der Waals surface area contributed by atoms with E-state index in [4.69, 9.17) is 23.7 Å². The van der Waals surface area contributed by atoms with Gasteiger partial charge >= 0.3 is 0 Å². The molecule has 3 aliphatic rings. The van der Waals surface area contributed by atoms with Gasteiger partial charge in [-0.15, -0.1) is 0 Å². The standard InChI is InChI=1S/C34H43N3O9/c1-4-36-17-46-25-15-23(44-11-8-35-2)19-6-7-20-28-22(37-34(41)31(25)30(19)28)14-24-29(20)32(39)21(16-45-24)18-12-26(42-3)33(40)27(13-18)43-10-5-9-38/h12-15,21,32,34-41H,4-11,16-17H2,1-3H3. The van der Waals surface area contributed by atoms with Crippen molar-refractivity contribution < 1.29 is 44.1 Å². The van der Waals surface area contributed by atoms with Crippen LogP contribution in [0.2, 0.25) is 0 Å². The van der Waals surface area contributed by atoms with E-state index in [1.807, 2.05) is 26.1 Å². The van der Waals surface area contributed by atoms with Crippen LogP contribution in [-0.4, -0.2) is 80.8 Å². The van der Waals surface area contributed by atoms with Crippen molar-refractivity contribution >= 4 is 5.69 Å². The first kappa shape index (κ1) is 32.0. The molecule has 0 saturated carbocycles. The highest BCUT2D eigenvalue weighted by atomic mass is 16.5. The molecule has 6 rings (SSSR count). The Hall–Kier alpha value is -3.94. The molecule has 0 saturated heterocycles. The fourth-order valence-electron chi connectivity index (χ4n) is 6.62. The number of phenolic OH excluding ortho intramolecular Hbond substituents is 1. The lowest BCUT2D eigenvalue weighted by Crippen LogP contribution is -2.29. The van der Waals surface area contributed by atoms with Gasteiger partial charge in [0.15, 0.2) is 17.7 Å². The number of hydrogen-bond acceptors (Lipinski definition) is 12. The first-order valence-corrected chi connectivity index (χ1v) is 15.8. The molecule has 12 nitrogen and oxygen atoms in total. The average molecular weight is 638 g/mol. The molecule has 1 aliphatic carbocycles. The number of ether oxygens (including phenoxy) is 5. The summed E-state index contributed by atoms with van der Waals surface area (Å²) in [7, 11) is 3.33. The lowest BCUT2D eigenvalue weighted by atomic mass is 9.74. The molecule has 0 aromatic heterocycles. The number of hydrogen-bond donors (Lipinski definition) is 7. The molecule has 7 N–H and O–H groups in total. The maximum atomic E-state index is 12.1. The third kappa shape index (κ3) is 5.75. The van der Waals surface area contributed by atoms with E-state index in [1.165, 1.54) is 7.11 Å². The zero-order valence-corrected chi connectivity index (χ0v) is 26.4. The zero-order chi connectivity index (χ0) is 32.4. The van der Waals surface area contributed by atoms with Crippen LogP contribution in [0.15, 0.2) is 24.3 Å². The fourth-order valence-corrected chi connectivity index (χ4v) is 6.62. The predicted molar refractivity (Wildman–Crippen MR) is 172 cm³/mol. The molecule has 248 valence electrons. The van der Waals surface area contributed by atoms with Gasteiger partial charge in [0.1, 0.15) is 30.6 Å². The van der Waals surface area contributed by atoms with E-state index in [2.05, 4.69) is 16.0 Å². The van der Waals surface area contributed by atoms with Crippen LogP contribution in [0.1, 0.15) is 59.4 Å². The van der Waals surface area contributed by atoms with Crippen LogP contribution in [-0.2, 0) is 12.8 Å². The summed E-state index contributed by atoms with van der Waals surface area (Å²) >= 11 is 0. The second-order valence-corrected chi connectivity index (χ2v) is 11.6. The molecule has 3 aromatic carbocycles. The third-order valence-electron chi connectivity index (χ3n) is 8.83. The van der Waals surface area contributed by atoms with E-state index in [9.17, 15) is 20.4 Å². The normalized spacial score (nSPS) is 19.0. The minimum Gasteiger partial charge on any atom is -0.502 e. The van der Waals surface area contributed by atoms with Gasteiger partial charge in [-0.25, -0.2) is 0 Å². The maximum Gasteiger partial charge on any atom is 0.200 e. The van der Waals surface area contributed by atoms with Gasteiger partial charge in [0.05, 0.1) is 32.0 Å². The van der Waals surface area contributed by atoms with Crippen molar-refractivity contribution in [3.8, 4) is 45.6 Å². The molecule has 46 heavy (non-hydrogen) atoms. The van der Waals surface area contributed by atoms with Crippen LogP contribution in [0, 0.1) is 0 Å². The molecular formula is C34H43N3O9. The van der Waals surface area contributed by atoms with E-state index in [0.717, 1.165) is 34.5 Å². The summed E-state index contributed by atoms with van der Waals surface area (Å²) in [5.74, 6) is 1.58. The molecule has 2 aliphatic heterocycles. The van der Waals surface area contributed by atoms with Gasteiger partial charge in [-0.2, -0.15) is 0 Å². The Morgan fingerprint density at radius 1 is 0.935 bits per heavy atom. The Morgan fingerprint density at radius 3 is 2.48 bits per heavy atom. The number of aliphatic hydroxyl groups excluding tert-OH is 3. The van der Waals surface area contributed by atoms with Gasteiger partial charge < -0.3 is 54.7 Å². The van der Waals surface area contributed by atoms with Gasteiger partial charge in [-0.1, -0.05) is 6.92 Å². The van der Waals surface area contributed by atoms with E-state index < -0.39 is 18.2 Å². The van der Waals surface area contributed by atoms with Crippen molar-refractivity contribution in [3.63, 3.8) is 0 Å². The van der Waals surface area contributed by atoms with E-state index >= 15 is 0 Å². The second-order valence-electron chi connectivity index (χ2n) is 11.6. The van der Waals surface area contributed by atoms with Crippen LogP contribution in [0.5, 0.6) is 34.5 Å². The molecule has 0 bridgehead atoms. The van der Waals surface area contributed by atoms with Gasteiger partial charge in [-0.05, 0) is 49.7 Å². The van der Waals surface area contributed by atoms with Crippen LogP contribution in [0.25, 0.3) is 11.1 Å². The highest BCUT2D eigenvalue weighted by molar-refractivity contribution is 5.93. The number of benzene rings is 3. The van der Waals surface area contributed by atoms with E-state index in [1.54, 1.807) is 12.1 Å². The average Bonchev–Trinajstić information content (AvgIpc) is 3.05. The Labute approximate surface area is 268 Å². The van der Waals surface area contributed by atoms with Crippen molar-refractivity contribution in [2.75, 3.05) is 65.7 Å². The molecule has 0 radical (unpaired) electrons. The summed E-state index contributed by atoms with van der Waals surface area (Å²) in [6.45, 7) is 4.47. The number of aliphatic hydroxyl groups is 3.